The van der Waals surface area contributed by atoms with Crippen LogP contribution in [0.5, 0.6) is 0 Å². The molecule has 5 nitrogen and oxygen atoms in total. The number of nitrogens with one attached hydrogen (secondary N) is 1. The summed E-state index contributed by atoms with van der Waals surface area (Å²) in [6.07, 6.45) is 7.35. The summed E-state index contributed by atoms with van der Waals surface area (Å²) in [5, 5.41) is 4.05. The van der Waals surface area contributed by atoms with Crippen LogP contribution >= 0.6 is 11.3 Å². The summed E-state index contributed by atoms with van der Waals surface area (Å²) in [5.41, 5.74) is 1.76. The van der Waals surface area contributed by atoms with E-state index in [1.807, 2.05) is 37.3 Å². The molecule has 4 rings (SSSR count). The molecule has 1 saturated heterocycles. The second-order valence-electron chi connectivity index (χ2n) is 7.80. The SMILES string of the molecule is Cc1nc(-c2ccccc2)sc1C(=O)N1CCC[C@H]1C(=O)NC1CCCCC1. The molecule has 1 aromatic carbocycles. The van der Waals surface area contributed by atoms with Crippen LogP contribution in [0.2, 0.25) is 0 Å². The Balaban J connectivity index is 1.49. The normalized spacial score (nSPS) is 20.3. The van der Waals surface area contributed by atoms with Crippen molar-refractivity contribution < 1.29 is 9.59 Å². The lowest BCUT2D eigenvalue weighted by Gasteiger charge is -2.28. The van der Waals surface area contributed by atoms with E-state index in [9.17, 15) is 9.59 Å². The standard InChI is InChI=1S/C22H27N3O2S/c1-15-19(28-21(23-15)16-9-4-2-5-10-16)22(27)25-14-8-13-18(25)20(26)24-17-11-6-3-7-12-17/h2,4-5,9-10,17-18H,3,6-8,11-14H2,1H3,(H,24,26)/t18-/m0/s1. The molecule has 1 aromatic heterocycles. The number of hydrogen-bond donors (Lipinski definition) is 1. The van der Waals surface area contributed by atoms with Crippen LogP contribution in [0.3, 0.4) is 0 Å². The number of nitrogens with zero attached hydrogens (tertiary/aromatic N) is 2. The topological polar surface area (TPSA) is 62.3 Å². The van der Waals surface area contributed by atoms with Crippen LogP contribution in [0.1, 0.15) is 60.3 Å². The summed E-state index contributed by atoms with van der Waals surface area (Å²) >= 11 is 1.42. The van der Waals surface area contributed by atoms with Crippen molar-refractivity contribution in [3.8, 4) is 10.6 Å². The van der Waals surface area contributed by atoms with Gasteiger partial charge < -0.3 is 10.2 Å². The molecule has 6 heteroatoms. The third-order valence-corrected chi connectivity index (χ3v) is 6.97. The fourth-order valence-corrected chi connectivity index (χ4v) is 5.28. The van der Waals surface area contributed by atoms with Crippen LogP contribution in [0.4, 0.5) is 0 Å². The van der Waals surface area contributed by atoms with Gasteiger partial charge in [0.2, 0.25) is 5.91 Å². The summed E-state index contributed by atoms with van der Waals surface area (Å²) in [4.78, 5) is 33.1. The van der Waals surface area contributed by atoms with E-state index in [1.165, 1.54) is 30.6 Å². The zero-order valence-corrected chi connectivity index (χ0v) is 17.1. The Kier molecular flexibility index (Phi) is 5.76. The second-order valence-corrected chi connectivity index (χ2v) is 8.80. The fourth-order valence-electron chi connectivity index (χ4n) is 4.26. The minimum Gasteiger partial charge on any atom is -0.352 e. The predicted molar refractivity (Wildman–Crippen MR) is 111 cm³/mol. The van der Waals surface area contributed by atoms with Gasteiger partial charge in [-0.3, -0.25) is 9.59 Å². The highest BCUT2D eigenvalue weighted by atomic mass is 32.1. The van der Waals surface area contributed by atoms with E-state index in [0.717, 1.165) is 41.9 Å². The monoisotopic (exact) mass is 397 g/mol. The van der Waals surface area contributed by atoms with Gasteiger partial charge in [-0.2, -0.15) is 0 Å². The molecule has 0 radical (unpaired) electrons. The molecule has 1 aliphatic heterocycles. The number of likely N-dealkylation sites (tertiary alicyclic amines) is 1. The Morgan fingerprint density at radius 1 is 1.07 bits per heavy atom. The molecule has 2 aromatic rings. The van der Waals surface area contributed by atoms with Crippen molar-refractivity contribution in [1.29, 1.82) is 0 Å². The molecule has 1 atom stereocenters. The minimum atomic E-state index is -0.351. The minimum absolute atomic E-state index is 0.0169. The molecule has 1 aliphatic carbocycles. The van der Waals surface area contributed by atoms with Crippen LogP contribution in [0.15, 0.2) is 30.3 Å². The van der Waals surface area contributed by atoms with Gasteiger partial charge in [0.15, 0.2) is 0 Å². The van der Waals surface area contributed by atoms with Gasteiger partial charge in [-0.05, 0) is 32.6 Å². The van der Waals surface area contributed by atoms with Crippen molar-refractivity contribution in [3.05, 3.63) is 40.9 Å². The highest BCUT2D eigenvalue weighted by molar-refractivity contribution is 7.17. The first-order chi connectivity index (χ1) is 13.6. The molecule has 2 fully saturated rings. The van der Waals surface area contributed by atoms with Crippen LogP contribution < -0.4 is 5.32 Å². The molecule has 28 heavy (non-hydrogen) atoms. The van der Waals surface area contributed by atoms with Gasteiger partial charge in [-0.1, -0.05) is 49.6 Å². The molecule has 148 valence electrons. The zero-order chi connectivity index (χ0) is 19.5. The molecule has 1 saturated carbocycles. The molecule has 2 heterocycles. The lowest BCUT2D eigenvalue weighted by Crippen LogP contribution is -2.49. The van der Waals surface area contributed by atoms with Gasteiger partial charge in [0, 0.05) is 18.2 Å². The van der Waals surface area contributed by atoms with E-state index in [0.29, 0.717) is 11.4 Å². The van der Waals surface area contributed by atoms with E-state index in [1.54, 1.807) is 4.90 Å². The van der Waals surface area contributed by atoms with Gasteiger partial charge >= 0.3 is 0 Å². The van der Waals surface area contributed by atoms with Crippen LogP contribution in [-0.2, 0) is 4.79 Å². The van der Waals surface area contributed by atoms with Gasteiger partial charge in [-0.25, -0.2) is 4.98 Å². The number of hydrogen-bond acceptors (Lipinski definition) is 4. The van der Waals surface area contributed by atoms with Gasteiger partial charge in [-0.15, -0.1) is 11.3 Å². The maximum absolute atomic E-state index is 13.2. The maximum Gasteiger partial charge on any atom is 0.266 e. The van der Waals surface area contributed by atoms with Crippen molar-refractivity contribution >= 4 is 23.2 Å². The molecule has 2 amide bonds. The highest BCUT2D eigenvalue weighted by Crippen LogP contribution is 2.31. The average Bonchev–Trinajstić information content (AvgIpc) is 3.36. The summed E-state index contributed by atoms with van der Waals surface area (Å²) in [6, 6.07) is 9.84. The summed E-state index contributed by atoms with van der Waals surface area (Å²) < 4.78 is 0. The first-order valence-corrected chi connectivity index (χ1v) is 11.1. The van der Waals surface area contributed by atoms with Crippen molar-refractivity contribution in [3.63, 3.8) is 0 Å². The second kappa shape index (κ2) is 8.43. The number of carbonyl (C=O) groups excluding carboxylic acids is 2. The Hall–Kier alpha value is -2.21. The molecule has 1 N–H and O–H groups in total. The number of aromatic nitrogens is 1. The Labute approximate surface area is 170 Å². The lowest BCUT2D eigenvalue weighted by molar-refractivity contribution is -0.125. The first kappa shape index (κ1) is 19.1. The van der Waals surface area contributed by atoms with Crippen molar-refractivity contribution in [2.45, 2.75) is 64.0 Å². The molecule has 0 bridgehead atoms. The number of carbonyl (C=O) groups is 2. The first-order valence-electron chi connectivity index (χ1n) is 10.3. The largest absolute Gasteiger partial charge is 0.352 e. The van der Waals surface area contributed by atoms with Gasteiger partial charge in [0.05, 0.1) is 5.69 Å². The Bertz CT molecular complexity index is 843. The molecule has 0 unspecified atom stereocenters. The van der Waals surface area contributed by atoms with Crippen LogP contribution in [0.25, 0.3) is 10.6 Å². The average molecular weight is 398 g/mol. The van der Waals surface area contributed by atoms with Crippen LogP contribution in [0, 0.1) is 6.92 Å². The Morgan fingerprint density at radius 3 is 2.57 bits per heavy atom. The van der Waals surface area contributed by atoms with Crippen molar-refractivity contribution in [1.82, 2.24) is 15.2 Å². The molecular weight excluding hydrogens is 370 g/mol. The van der Waals surface area contributed by atoms with E-state index >= 15 is 0 Å². The number of thiazole rings is 1. The smallest absolute Gasteiger partial charge is 0.266 e. The quantitative estimate of drug-likeness (QED) is 0.842. The number of aryl methyl sites for hydroxylation is 1. The van der Waals surface area contributed by atoms with E-state index in [4.69, 9.17) is 0 Å². The predicted octanol–water partition coefficient (Wildman–Crippen LogP) is 4.17. The zero-order valence-electron chi connectivity index (χ0n) is 16.3. The third-order valence-electron chi connectivity index (χ3n) is 5.78. The van der Waals surface area contributed by atoms with Crippen molar-refractivity contribution in [2.24, 2.45) is 0 Å². The highest BCUT2D eigenvalue weighted by Gasteiger charge is 2.36. The van der Waals surface area contributed by atoms with E-state index in [-0.39, 0.29) is 23.9 Å². The summed E-state index contributed by atoms with van der Waals surface area (Å²) in [7, 11) is 0. The molecule has 2 aliphatic rings. The van der Waals surface area contributed by atoms with Gasteiger partial charge in [0.1, 0.15) is 15.9 Å². The Morgan fingerprint density at radius 2 is 1.82 bits per heavy atom. The lowest BCUT2D eigenvalue weighted by atomic mass is 9.95. The van der Waals surface area contributed by atoms with Crippen molar-refractivity contribution in [2.75, 3.05) is 6.54 Å². The van der Waals surface area contributed by atoms with E-state index in [2.05, 4.69) is 10.3 Å². The van der Waals surface area contributed by atoms with E-state index < -0.39 is 0 Å². The maximum atomic E-state index is 13.2. The fraction of sp³-hybridized carbons (Fsp3) is 0.500. The van der Waals surface area contributed by atoms with Crippen LogP contribution in [-0.4, -0.2) is 40.3 Å². The number of rotatable bonds is 4. The molecular formula is C22H27N3O2S. The summed E-state index contributed by atoms with van der Waals surface area (Å²) in [6.45, 7) is 2.52. The summed E-state index contributed by atoms with van der Waals surface area (Å²) in [5.74, 6) is -0.0401. The number of benzene rings is 1. The van der Waals surface area contributed by atoms with Gasteiger partial charge in [0.25, 0.3) is 5.91 Å². The molecule has 0 spiro atoms. The number of amides is 2. The third kappa shape index (κ3) is 3.97.